The largest absolute Gasteiger partial charge is 0.350 e. The zero-order valence-corrected chi connectivity index (χ0v) is 18.0. The molecule has 0 atom stereocenters. The lowest BCUT2D eigenvalue weighted by atomic mass is 10.1. The maximum atomic E-state index is 12.9. The standard InChI is InChI=1S/C24H24ClN3O3/c1-2-15-7-13-19(14-8-15)28-23(30)20(25)21(24(28)31)26-18-11-9-16(10-12-18)22(29)27-17-5-3-4-6-17/h7-14,17,26H,2-6H2,1H3,(H,27,29). The van der Waals surface area contributed by atoms with Gasteiger partial charge in [-0.1, -0.05) is 43.5 Å². The molecule has 31 heavy (non-hydrogen) atoms. The van der Waals surface area contributed by atoms with Gasteiger partial charge in [0, 0.05) is 17.3 Å². The Labute approximate surface area is 186 Å². The zero-order valence-electron chi connectivity index (χ0n) is 17.3. The molecule has 0 spiro atoms. The highest BCUT2D eigenvalue weighted by molar-refractivity contribution is 6.53. The van der Waals surface area contributed by atoms with Crippen molar-refractivity contribution in [2.24, 2.45) is 0 Å². The van der Waals surface area contributed by atoms with Crippen molar-refractivity contribution >= 4 is 40.7 Å². The first-order valence-electron chi connectivity index (χ1n) is 10.5. The van der Waals surface area contributed by atoms with Gasteiger partial charge in [0.05, 0.1) is 5.69 Å². The van der Waals surface area contributed by atoms with Crippen LogP contribution in [-0.4, -0.2) is 23.8 Å². The summed E-state index contributed by atoms with van der Waals surface area (Å²) in [6.07, 6.45) is 5.20. The first-order chi connectivity index (χ1) is 15.0. The van der Waals surface area contributed by atoms with E-state index in [-0.39, 0.29) is 22.7 Å². The molecule has 0 aromatic heterocycles. The highest BCUT2D eigenvalue weighted by Crippen LogP contribution is 2.30. The van der Waals surface area contributed by atoms with E-state index in [2.05, 4.69) is 10.6 Å². The number of imide groups is 1. The summed E-state index contributed by atoms with van der Waals surface area (Å²) in [6.45, 7) is 2.03. The molecular weight excluding hydrogens is 414 g/mol. The molecule has 4 rings (SSSR count). The second-order valence-corrected chi connectivity index (χ2v) is 8.19. The second kappa shape index (κ2) is 8.94. The maximum absolute atomic E-state index is 12.9. The van der Waals surface area contributed by atoms with Crippen LogP contribution in [0.4, 0.5) is 11.4 Å². The highest BCUT2D eigenvalue weighted by atomic mass is 35.5. The van der Waals surface area contributed by atoms with Gasteiger partial charge in [0.2, 0.25) is 0 Å². The molecule has 7 heteroatoms. The number of nitrogens with one attached hydrogen (secondary N) is 2. The number of hydrogen-bond donors (Lipinski definition) is 2. The topological polar surface area (TPSA) is 78.5 Å². The van der Waals surface area contributed by atoms with Crippen LogP contribution in [0.2, 0.25) is 0 Å². The van der Waals surface area contributed by atoms with E-state index >= 15 is 0 Å². The van der Waals surface area contributed by atoms with Crippen LogP contribution in [-0.2, 0) is 16.0 Å². The summed E-state index contributed by atoms with van der Waals surface area (Å²) in [5.41, 5.74) is 2.71. The Kier molecular flexibility index (Phi) is 6.09. The molecule has 2 aliphatic rings. The summed E-state index contributed by atoms with van der Waals surface area (Å²) >= 11 is 6.19. The van der Waals surface area contributed by atoms with Gasteiger partial charge in [-0.2, -0.15) is 0 Å². The minimum atomic E-state index is -0.564. The number of nitrogens with zero attached hydrogens (tertiary/aromatic N) is 1. The molecule has 1 saturated carbocycles. The number of anilines is 2. The van der Waals surface area contributed by atoms with E-state index < -0.39 is 11.8 Å². The molecule has 2 N–H and O–H groups in total. The van der Waals surface area contributed by atoms with Crippen molar-refractivity contribution in [1.29, 1.82) is 0 Å². The third-order valence-corrected chi connectivity index (χ3v) is 6.09. The first-order valence-corrected chi connectivity index (χ1v) is 10.9. The summed E-state index contributed by atoms with van der Waals surface area (Å²) < 4.78 is 0. The van der Waals surface area contributed by atoms with E-state index in [0.29, 0.717) is 16.9 Å². The van der Waals surface area contributed by atoms with Crippen molar-refractivity contribution in [2.75, 3.05) is 10.2 Å². The average molecular weight is 438 g/mol. The van der Waals surface area contributed by atoms with E-state index in [9.17, 15) is 14.4 Å². The van der Waals surface area contributed by atoms with E-state index in [0.717, 1.165) is 42.6 Å². The molecule has 1 heterocycles. The van der Waals surface area contributed by atoms with Crippen LogP contribution >= 0.6 is 11.6 Å². The Balaban J connectivity index is 1.46. The van der Waals surface area contributed by atoms with Crippen LogP contribution in [0, 0.1) is 0 Å². The van der Waals surface area contributed by atoms with Gasteiger partial charge in [0.15, 0.2) is 0 Å². The second-order valence-electron chi connectivity index (χ2n) is 7.81. The summed E-state index contributed by atoms with van der Waals surface area (Å²) in [5, 5.41) is 5.82. The monoisotopic (exact) mass is 437 g/mol. The van der Waals surface area contributed by atoms with E-state index in [1.807, 2.05) is 19.1 Å². The molecule has 0 radical (unpaired) electrons. The smallest absolute Gasteiger partial charge is 0.283 e. The lowest BCUT2D eigenvalue weighted by Crippen LogP contribution is -2.32. The van der Waals surface area contributed by atoms with E-state index in [1.54, 1.807) is 36.4 Å². The number of carbonyl (C=O) groups is 3. The number of halogens is 1. The third kappa shape index (κ3) is 4.35. The molecule has 1 aliphatic carbocycles. The fraction of sp³-hybridized carbons (Fsp3) is 0.292. The van der Waals surface area contributed by atoms with Crippen molar-refractivity contribution in [3.05, 3.63) is 70.4 Å². The molecule has 6 nitrogen and oxygen atoms in total. The number of aryl methyl sites for hydroxylation is 1. The van der Waals surface area contributed by atoms with Crippen molar-refractivity contribution in [2.45, 2.75) is 45.1 Å². The lowest BCUT2D eigenvalue weighted by molar-refractivity contribution is -0.120. The Morgan fingerprint density at radius 2 is 1.65 bits per heavy atom. The molecule has 2 aromatic carbocycles. The fourth-order valence-electron chi connectivity index (χ4n) is 3.91. The van der Waals surface area contributed by atoms with Crippen molar-refractivity contribution < 1.29 is 14.4 Å². The van der Waals surface area contributed by atoms with Crippen LogP contribution in [0.15, 0.2) is 59.3 Å². The lowest BCUT2D eigenvalue weighted by Gasteiger charge is -2.15. The molecule has 0 saturated heterocycles. The molecule has 2 aromatic rings. The fourth-order valence-corrected chi connectivity index (χ4v) is 4.13. The quantitative estimate of drug-likeness (QED) is 0.658. The van der Waals surface area contributed by atoms with Crippen LogP contribution in [0.25, 0.3) is 0 Å². The Bertz CT molecular complexity index is 1040. The van der Waals surface area contributed by atoms with Crippen LogP contribution in [0.3, 0.4) is 0 Å². The van der Waals surface area contributed by atoms with Crippen molar-refractivity contribution in [3.63, 3.8) is 0 Å². The van der Waals surface area contributed by atoms with Gasteiger partial charge in [-0.05, 0) is 61.2 Å². The number of amides is 3. The van der Waals surface area contributed by atoms with Gasteiger partial charge in [-0.25, -0.2) is 4.90 Å². The van der Waals surface area contributed by atoms with Gasteiger partial charge >= 0.3 is 0 Å². The third-order valence-electron chi connectivity index (χ3n) is 5.74. The minimum absolute atomic E-state index is 0.0226. The number of benzene rings is 2. The minimum Gasteiger partial charge on any atom is -0.350 e. The summed E-state index contributed by atoms with van der Waals surface area (Å²) in [4.78, 5) is 38.9. The van der Waals surface area contributed by atoms with Gasteiger partial charge in [0.1, 0.15) is 10.7 Å². The molecule has 1 aliphatic heterocycles. The zero-order chi connectivity index (χ0) is 22.0. The number of rotatable bonds is 6. The van der Waals surface area contributed by atoms with E-state index in [1.165, 1.54) is 0 Å². The average Bonchev–Trinajstić information content (AvgIpc) is 3.37. The van der Waals surface area contributed by atoms with Gasteiger partial charge in [-0.15, -0.1) is 0 Å². The summed E-state index contributed by atoms with van der Waals surface area (Å²) in [7, 11) is 0. The molecule has 0 bridgehead atoms. The van der Waals surface area contributed by atoms with Crippen molar-refractivity contribution in [1.82, 2.24) is 5.32 Å². The van der Waals surface area contributed by atoms with Crippen LogP contribution < -0.4 is 15.5 Å². The highest BCUT2D eigenvalue weighted by Gasteiger charge is 2.38. The van der Waals surface area contributed by atoms with Crippen LogP contribution in [0.1, 0.15) is 48.5 Å². The predicted octanol–water partition coefficient (Wildman–Crippen LogP) is 4.36. The van der Waals surface area contributed by atoms with Gasteiger partial charge in [-0.3, -0.25) is 14.4 Å². The Morgan fingerprint density at radius 1 is 1.00 bits per heavy atom. The molecule has 0 unspecified atom stereocenters. The number of hydrogen-bond acceptors (Lipinski definition) is 4. The predicted molar refractivity (Wildman–Crippen MR) is 121 cm³/mol. The molecule has 1 fully saturated rings. The Hall–Kier alpha value is -3.12. The summed E-state index contributed by atoms with van der Waals surface area (Å²) in [6, 6.07) is 14.2. The van der Waals surface area contributed by atoms with E-state index in [4.69, 9.17) is 11.6 Å². The molecular formula is C24H24ClN3O3. The van der Waals surface area contributed by atoms with Gasteiger partial charge in [0.25, 0.3) is 17.7 Å². The summed E-state index contributed by atoms with van der Waals surface area (Å²) in [5.74, 6) is -1.18. The number of carbonyl (C=O) groups excluding carboxylic acids is 3. The SMILES string of the molecule is CCc1ccc(N2C(=O)C(Cl)=C(Nc3ccc(C(=O)NC4CCCC4)cc3)C2=O)cc1. The van der Waals surface area contributed by atoms with Crippen molar-refractivity contribution in [3.8, 4) is 0 Å². The van der Waals surface area contributed by atoms with Crippen LogP contribution in [0.5, 0.6) is 0 Å². The normalized spacial score (nSPS) is 16.9. The molecule has 160 valence electrons. The van der Waals surface area contributed by atoms with Gasteiger partial charge < -0.3 is 10.6 Å². The maximum Gasteiger partial charge on any atom is 0.283 e. The Morgan fingerprint density at radius 3 is 2.26 bits per heavy atom. The first kappa shape index (κ1) is 21.1. The molecule has 3 amide bonds.